The Kier molecular flexibility index (Phi) is 3.76. The molecule has 3 N–H and O–H groups in total. The first-order chi connectivity index (χ1) is 9.04. The Hall–Kier alpha value is -2.01. The molecule has 4 nitrogen and oxygen atoms in total. The maximum absolute atomic E-state index is 11.3. The highest BCUT2D eigenvalue weighted by Gasteiger charge is 2.20. The van der Waals surface area contributed by atoms with Gasteiger partial charge in [-0.3, -0.25) is 0 Å². The predicted octanol–water partition coefficient (Wildman–Crippen LogP) is 2.90. The van der Waals surface area contributed by atoms with E-state index in [2.05, 4.69) is 15.9 Å². The van der Waals surface area contributed by atoms with Crippen molar-refractivity contribution in [3.63, 3.8) is 0 Å². The molecule has 0 fully saturated rings. The summed E-state index contributed by atoms with van der Waals surface area (Å²) in [5, 5.41) is 28.7. The van der Waals surface area contributed by atoms with Gasteiger partial charge in [0.25, 0.3) is 0 Å². The summed E-state index contributed by atoms with van der Waals surface area (Å²) in [6, 6.07) is 9.04. The Morgan fingerprint density at radius 2 is 1.63 bits per heavy atom. The fraction of sp³-hybridized carbons (Fsp3) is 0.0714. The lowest BCUT2D eigenvalue weighted by molar-refractivity contribution is -0.108. The molecule has 0 aliphatic heterocycles. The van der Waals surface area contributed by atoms with Gasteiger partial charge in [-0.15, -0.1) is 0 Å². The molecule has 1 unspecified atom stereocenters. The molecule has 1 atom stereocenters. The summed E-state index contributed by atoms with van der Waals surface area (Å²) in [6.45, 7) is 0. The van der Waals surface area contributed by atoms with Crippen LogP contribution in [0.15, 0.2) is 40.9 Å². The van der Waals surface area contributed by atoms with Crippen LogP contribution in [0.5, 0.6) is 17.2 Å². The fourth-order valence-electron chi connectivity index (χ4n) is 1.83. The van der Waals surface area contributed by atoms with Crippen LogP contribution in [0, 0.1) is 0 Å². The second-order valence-electron chi connectivity index (χ2n) is 4.04. The first kappa shape index (κ1) is 13.4. The summed E-state index contributed by atoms with van der Waals surface area (Å²) in [6.07, 6.45) is 0.699. The minimum Gasteiger partial charge on any atom is -0.508 e. The lowest BCUT2D eigenvalue weighted by Gasteiger charge is -2.14. The number of aldehydes is 1. The molecule has 0 aliphatic rings. The highest BCUT2D eigenvalue weighted by atomic mass is 79.9. The van der Waals surface area contributed by atoms with Gasteiger partial charge < -0.3 is 20.1 Å². The van der Waals surface area contributed by atoms with Crippen LogP contribution in [0.25, 0.3) is 0 Å². The van der Waals surface area contributed by atoms with Crippen LogP contribution in [0.1, 0.15) is 17.0 Å². The molecule has 0 aromatic heterocycles. The van der Waals surface area contributed by atoms with E-state index in [1.54, 1.807) is 12.1 Å². The average molecular weight is 323 g/mol. The summed E-state index contributed by atoms with van der Waals surface area (Å²) in [5.74, 6) is -0.844. The topological polar surface area (TPSA) is 77.8 Å². The molecule has 19 heavy (non-hydrogen) atoms. The highest BCUT2D eigenvalue weighted by molar-refractivity contribution is 9.10. The molecular weight excluding hydrogens is 312 g/mol. The molecule has 2 rings (SSSR count). The zero-order chi connectivity index (χ0) is 14.0. The van der Waals surface area contributed by atoms with Gasteiger partial charge in [-0.25, -0.2) is 0 Å². The molecule has 0 saturated heterocycles. The van der Waals surface area contributed by atoms with Crippen LogP contribution in [0.4, 0.5) is 0 Å². The van der Waals surface area contributed by atoms with Crippen LogP contribution >= 0.6 is 15.9 Å². The smallest absolute Gasteiger partial charge is 0.137 e. The molecule has 2 aromatic rings. The van der Waals surface area contributed by atoms with E-state index in [1.165, 1.54) is 24.3 Å². The Bertz CT molecular complexity index is 608. The van der Waals surface area contributed by atoms with Gasteiger partial charge in [0.05, 0.1) is 5.92 Å². The van der Waals surface area contributed by atoms with Gasteiger partial charge in [0, 0.05) is 5.56 Å². The average Bonchev–Trinajstić information content (AvgIpc) is 2.41. The zero-order valence-electron chi connectivity index (χ0n) is 9.75. The van der Waals surface area contributed by atoms with E-state index < -0.39 is 5.92 Å². The van der Waals surface area contributed by atoms with E-state index in [0.29, 0.717) is 17.4 Å². The van der Waals surface area contributed by atoms with Crippen molar-refractivity contribution >= 4 is 22.2 Å². The maximum atomic E-state index is 11.3. The van der Waals surface area contributed by atoms with Gasteiger partial charge in [-0.2, -0.15) is 0 Å². The second-order valence-corrected chi connectivity index (χ2v) is 4.83. The molecule has 0 aliphatic carbocycles. The van der Waals surface area contributed by atoms with Crippen molar-refractivity contribution in [2.75, 3.05) is 0 Å². The third-order valence-electron chi connectivity index (χ3n) is 2.85. The number of benzene rings is 2. The van der Waals surface area contributed by atoms with Crippen LogP contribution in [-0.2, 0) is 4.79 Å². The number of carbonyl (C=O) groups is 1. The Labute approximate surface area is 118 Å². The Morgan fingerprint density at radius 3 is 2.21 bits per heavy atom. The lowest BCUT2D eigenvalue weighted by Crippen LogP contribution is -2.03. The molecule has 0 bridgehead atoms. The number of hydrogen-bond acceptors (Lipinski definition) is 4. The van der Waals surface area contributed by atoms with Gasteiger partial charge in [0.1, 0.15) is 28.0 Å². The van der Waals surface area contributed by atoms with Gasteiger partial charge in [-0.05, 0) is 39.7 Å². The second kappa shape index (κ2) is 5.32. The molecule has 0 radical (unpaired) electrons. The van der Waals surface area contributed by atoms with Crippen LogP contribution in [0.2, 0.25) is 0 Å². The zero-order valence-corrected chi connectivity index (χ0v) is 11.3. The summed E-state index contributed by atoms with van der Waals surface area (Å²) in [7, 11) is 0. The van der Waals surface area contributed by atoms with Gasteiger partial charge in [-0.1, -0.05) is 18.2 Å². The molecule has 2 aromatic carbocycles. The highest BCUT2D eigenvalue weighted by Crippen LogP contribution is 2.40. The van der Waals surface area contributed by atoms with E-state index in [9.17, 15) is 20.1 Å². The number of phenolic OH excluding ortho intramolecular Hbond substituents is 3. The minimum absolute atomic E-state index is 0.100. The first-order valence-electron chi connectivity index (χ1n) is 5.49. The van der Waals surface area contributed by atoms with Crippen LogP contribution in [0.3, 0.4) is 0 Å². The third-order valence-corrected chi connectivity index (χ3v) is 3.63. The van der Waals surface area contributed by atoms with Crippen molar-refractivity contribution in [3.8, 4) is 17.2 Å². The molecule has 98 valence electrons. The monoisotopic (exact) mass is 322 g/mol. The Morgan fingerprint density at radius 1 is 1.00 bits per heavy atom. The van der Waals surface area contributed by atoms with Gasteiger partial charge in [0.15, 0.2) is 0 Å². The van der Waals surface area contributed by atoms with Crippen molar-refractivity contribution in [1.29, 1.82) is 0 Å². The number of hydrogen-bond donors (Lipinski definition) is 3. The van der Waals surface area contributed by atoms with Crippen molar-refractivity contribution in [3.05, 3.63) is 52.0 Å². The number of carbonyl (C=O) groups excluding carboxylic acids is 1. The van der Waals surface area contributed by atoms with Crippen LogP contribution in [-0.4, -0.2) is 21.6 Å². The number of halogens is 1. The van der Waals surface area contributed by atoms with E-state index in [4.69, 9.17) is 0 Å². The van der Waals surface area contributed by atoms with Crippen molar-refractivity contribution in [1.82, 2.24) is 0 Å². The number of phenols is 3. The number of rotatable bonds is 3. The summed E-state index contributed by atoms with van der Waals surface area (Å²) < 4.78 is 0.149. The van der Waals surface area contributed by atoms with Gasteiger partial charge >= 0.3 is 0 Å². The number of aromatic hydroxyl groups is 3. The van der Waals surface area contributed by atoms with Crippen molar-refractivity contribution in [2.45, 2.75) is 5.92 Å². The standard InChI is InChI=1S/C14H11BrO4/c15-13-12(18)6-5-10(14(13)19)11(7-16)8-1-3-9(17)4-2-8/h1-7,11,17-19H. The van der Waals surface area contributed by atoms with Crippen LogP contribution < -0.4 is 0 Å². The van der Waals surface area contributed by atoms with Gasteiger partial charge in [0.2, 0.25) is 0 Å². The SMILES string of the molecule is O=CC(c1ccc(O)cc1)c1ccc(O)c(Br)c1O. The molecule has 5 heteroatoms. The predicted molar refractivity (Wildman–Crippen MR) is 73.5 cm³/mol. The molecule has 0 saturated carbocycles. The van der Waals surface area contributed by atoms with E-state index >= 15 is 0 Å². The largest absolute Gasteiger partial charge is 0.508 e. The van der Waals surface area contributed by atoms with E-state index in [0.717, 1.165) is 0 Å². The summed E-state index contributed by atoms with van der Waals surface area (Å²) in [5.41, 5.74) is 1.02. The van der Waals surface area contributed by atoms with E-state index in [-0.39, 0.29) is 21.7 Å². The lowest BCUT2D eigenvalue weighted by atomic mass is 9.92. The quantitative estimate of drug-likeness (QED) is 0.759. The normalized spacial score (nSPS) is 12.1. The minimum atomic E-state index is -0.669. The maximum Gasteiger partial charge on any atom is 0.137 e. The van der Waals surface area contributed by atoms with E-state index in [1.807, 2.05) is 0 Å². The molecular formula is C14H11BrO4. The first-order valence-corrected chi connectivity index (χ1v) is 6.28. The summed E-state index contributed by atoms with van der Waals surface area (Å²) in [4.78, 5) is 11.3. The fourth-order valence-corrected chi connectivity index (χ4v) is 2.19. The summed E-state index contributed by atoms with van der Waals surface area (Å²) >= 11 is 3.06. The van der Waals surface area contributed by atoms with Crippen molar-refractivity contribution < 1.29 is 20.1 Å². The molecule has 0 spiro atoms. The molecule has 0 amide bonds. The Balaban J connectivity index is 2.51. The molecule has 0 heterocycles. The third kappa shape index (κ3) is 2.56. The van der Waals surface area contributed by atoms with Crippen molar-refractivity contribution in [2.24, 2.45) is 0 Å².